The van der Waals surface area contributed by atoms with E-state index in [1.54, 1.807) is 12.1 Å². The number of ether oxygens (including phenoxy) is 1. The van der Waals surface area contributed by atoms with E-state index in [-0.39, 0.29) is 6.04 Å². The topological polar surface area (TPSA) is 63.6 Å². The van der Waals surface area contributed by atoms with Gasteiger partial charge in [0.05, 0.1) is 24.2 Å². The molecule has 1 saturated heterocycles. The van der Waals surface area contributed by atoms with Crippen LogP contribution in [0.1, 0.15) is 11.7 Å². The van der Waals surface area contributed by atoms with Crippen molar-refractivity contribution in [2.75, 3.05) is 32.8 Å². The lowest BCUT2D eigenvalue weighted by Crippen LogP contribution is -2.44. The summed E-state index contributed by atoms with van der Waals surface area (Å²) in [4.78, 5) is 2.60. The summed E-state index contributed by atoms with van der Waals surface area (Å²) in [5, 5.41) is 1.65. The molecule has 4 rings (SSSR count). The molecule has 1 N–H and O–H groups in total. The fourth-order valence-corrected chi connectivity index (χ4v) is 5.09. The molecule has 2 heterocycles. The van der Waals surface area contributed by atoms with Gasteiger partial charge in [-0.1, -0.05) is 36.4 Å². The number of aromatic nitrogens is 1. The number of nitrogens with one attached hydrogen (secondary N) is 1. The van der Waals surface area contributed by atoms with Gasteiger partial charge in [-0.15, -0.1) is 0 Å². The number of fused-ring (bicyclic) bond motifs is 1. The van der Waals surface area contributed by atoms with Gasteiger partial charge in [-0.05, 0) is 23.6 Å². The van der Waals surface area contributed by atoms with Crippen LogP contribution >= 0.6 is 0 Å². The number of nitrogens with zero attached hydrogens (tertiary/aromatic N) is 2. The van der Waals surface area contributed by atoms with Crippen molar-refractivity contribution in [3.63, 3.8) is 0 Å². The molecular weight excluding hydrogens is 374 g/mol. The van der Waals surface area contributed by atoms with E-state index < -0.39 is 10.0 Å². The molecule has 1 atom stereocenters. The van der Waals surface area contributed by atoms with Crippen molar-refractivity contribution in [2.24, 2.45) is 7.05 Å². The predicted molar refractivity (Wildman–Crippen MR) is 110 cm³/mol. The number of morpholine rings is 1. The van der Waals surface area contributed by atoms with Crippen molar-refractivity contribution >= 4 is 20.8 Å². The molecule has 0 spiro atoms. The zero-order chi connectivity index (χ0) is 19.6. The maximum absolute atomic E-state index is 13.1. The maximum atomic E-state index is 13.1. The minimum atomic E-state index is -3.64. The van der Waals surface area contributed by atoms with Gasteiger partial charge in [0.25, 0.3) is 0 Å². The van der Waals surface area contributed by atoms with Gasteiger partial charge in [-0.2, -0.15) is 0 Å². The van der Waals surface area contributed by atoms with Gasteiger partial charge < -0.3 is 9.30 Å². The molecule has 0 amide bonds. The number of hydrogen-bond donors (Lipinski definition) is 1. The second kappa shape index (κ2) is 8.05. The Balaban J connectivity index is 1.61. The van der Waals surface area contributed by atoms with Crippen molar-refractivity contribution in [3.05, 3.63) is 66.5 Å². The largest absolute Gasteiger partial charge is 0.379 e. The number of rotatable bonds is 6. The number of aryl methyl sites for hydroxylation is 1. The molecule has 1 aliphatic heterocycles. The standard InChI is InChI=1S/C21H25N3O3S/c1-23-11-5-9-19(23)20(24-12-14-27-15-13-24)16-22-28(25,26)21-10-4-7-17-6-2-3-8-18(17)21/h2-11,20,22H,12-16H2,1H3/t20-/m1/s1. The fourth-order valence-electron chi connectivity index (χ4n) is 3.83. The van der Waals surface area contributed by atoms with Gasteiger partial charge in [-0.25, -0.2) is 13.1 Å². The van der Waals surface area contributed by atoms with Crippen molar-refractivity contribution in [3.8, 4) is 0 Å². The molecule has 148 valence electrons. The molecule has 0 radical (unpaired) electrons. The first kappa shape index (κ1) is 19.1. The molecule has 3 aromatic rings. The number of sulfonamides is 1. The highest BCUT2D eigenvalue weighted by Gasteiger charge is 2.27. The zero-order valence-electron chi connectivity index (χ0n) is 15.9. The monoisotopic (exact) mass is 399 g/mol. The molecule has 7 heteroatoms. The highest BCUT2D eigenvalue weighted by Crippen LogP contribution is 2.25. The first-order valence-electron chi connectivity index (χ1n) is 9.47. The molecule has 0 unspecified atom stereocenters. The third-order valence-electron chi connectivity index (χ3n) is 5.32. The molecule has 28 heavy (non-hydrogen) atoms. The Morgan fingerprint density at radius 1 is 1.04 bits per heavy atom. The minimum absolute atomic E-state index is 0.0475. The van der Waals surface area contributed by atoms with Gasteiger partial charge in [0, 0.05) is 44.0 Å². The summed E-state index contributed by atoms with van der Waals surface area (Å²) in [6.07, 6.45) is 1.99. The van der Waals surface area contributed by atoms with Gasteiger partial charge in [0.1, 0.15) is 0 Å². The SMILES string of the molecule is Cn1cccc1[C@@H](CNS(=O)(=O)c1cccc2ccccc12)N1CCOCC1. The van der Waals surface area contributed by atoms with E-state index in [1.807, 2.05) is 60.3 Å². The summed E-state index contributed by atoms with van der Waals surface area (Å²) in [7, 11) is -1.65. The Labute approximate surface area is 165 Å². The number of hydrogen-bond acceptors (Lipinski definition) is 4. The Morgan fingerprint density at radius 3 is 2.54 bits per heavy atom. The number of benzene rings is 2. The molecule has 0 bridgehead atoms. The van der Waals surface area contributed by atoms with Gasteiger partial charge >= 0.3 is 0 Å². The van der Waals surface area contributed by atoms with E-state index in [0.29, 0.717) is 24.7 Å². The van der Waals surface area contributed by atoms with E-state index in [2.05, 4.69) is 9.62 Å². The first-order chi connectivity index (χ1) is 13.6. The molecule has 1 fully saturated rings. The summed E-state index contributed by atoms with van der Waals surface area (Å²) in [6, 6.07) is 16.9. The second-order valence-electron chi connectivity index (χ2n) is 7.04. The lowest BCUT2D eigenvalue weighted by molar-refractivity contribution is 0.0158. The summed E-state index contributed by atoms with van der Waals surface area (Å²) >= 11 is 0. The van der Waals surface area contributed by atoms with Crippen LogP contribution in [0.5, 0.6) is 0 Å². The van der Waals surface area contributed by atoms with Crippen LogP contribution in [-0.4, -0.2) is 50.7 Å². The summed E-state index contributed by atoms with van der Waals surface area (Å²) in [5.74, 6) is 0. The third-order valence-corrected chi connectivity index (χ3v) is 6.80. The highest BCUT2D eigenvalue weighted by atomic mass is 32.2. The van der Waals surface area contributed by atoms with Crippen molar-refractivity contribution in [1.82, 2.24) is 14.2 Å². The van der Waals surface area contributed by atoms with E-state index in [4.69, 9.17) is 4.74 Å². The Morgan fingerprint density at radius 2 is 1.79 bits per heavy atom. The smallest absolute Gasteiger partial charge is 0.241 e. The maximum Gasteiger partial charge on any atom is 0.241 e. The average Bonchev–Trinajstić information content (AvgIpc) is 3.14. The Hall–Kier alpha value is -2.19. The average molecular weight is 400 g/mol. The molecule has 1 aromatic heterocycles. The van der Waals surface area contributed by atoms with Crippen LogP contribution in [0.4, 0.5) is 0 Å². The second-order valence-corrected chi connectivity index (χ2v) is 8.77. The molecule has 6 nitrogen and oxygen atoms in total. The minimum Gasteiger partial charge on any atom is -0.379 e. The van der Waals surface area contributed by atoms with Crippen LogP contribution in [0.25, 0.3) is 10.8 Å². The van der Waals surface area contributed by atoms with Crippen molar-refractivity contribution in [2.45, 2.75) is 10.9 Å². The van der Waals surface area contributed by atoms with Crippen molar-refractivity contribution < 1.29 is 13.2 Å². The predicted octanol–water partition coefficient (Wildman–Crippen LogP) is 2.53. The summed E-state index contributed by atoms with van der Waals surface area (Å²) < 4.78 is 36.6. The van der Waals surface area contributed by atoms with Crippen LogP contribution < -0.4 is 4.72 Å². The van der Waals surface area contributed by atoms with Gasteiger partial charge in [0.2, 0.25) is 10.0 Å². The van der Waals surface area contributed by atoms with E-state index in [1.165, 1.54) is 0 Å². The first-order valence-corrected chi connectivity index (χ1v) is 10.9. The molecule has 0 aliphatic carbocycles. The van der Waals surface area contributed by atoms with Crippen LogP contribution in [0, 0.1) is 0 Å². The van der Waals surface area contributed by atoms with E-state index in [0.717, 1.165) is 29.6 Å². The normalized spacial score (nSPS) is 17.0. The lowest BCUT2D eigenvalue weighted by atomic mass is 10.1. The third kappa shape index (κ3) is 3.84. The van der Waals surface area contributed by atoms with E-state index >= 15 is 0 Å². The fraction of sp³-hybridized carbons (Fsp3) is 0.333. The molecular formula is C21H25N3O3S. The van der Waals surface area contributed by atoms with Gasteiger partial charge in [-0.3, -0.25) is 4.90 Å². The highest BCUT2D eigenvalue weighted by molar-refractivity contribution is 7.89. The Bertz CT molecular complexity index is 1050. The van der Waals surface area contributed by atoms with Crippen LogP contribution in [0.3, 0.4) is 0 Å². The van der Waals surface area contributed by atoms with Crippen LogP contribution in [-0.2, 0) is 21.8 Å². The molecule has 0 saturated carbocycles. The molecule has 1 aliphatic rings. The van der Waals surface area contributed by atoms with Crippen molar-refractivity contribution in [1.29, 1.82) is 0 Å². The van der Waals surface area contributed by atoms with Gasteiger partial charge in [0.15, 0.2) is 0 Å². The van der Waals surface area contributed by atoms with Crippen LogP contribution in [0.2, 0.25) is 0 Å². The van der Waals surface area contributed by atoms with E-state index in [9.17, 15) is 8.42 Å². The summed E-state index contributed by atoms with van der Waals surface area (Å²) in [6.45, 7) is 3.20. The quantitative estimate of drug-likeness (QED) is 0.692. The Kier molecular flexibility index (Phi) is 5.50. The lowest BCUT2D eigenvalue weighted by Gasteiger charge is -2.35. The van der Waals surface area contributed by atoms with Crippen LogP contribution in [0.15, 0.2) is 65.7 Å². The molecule has 2 aromatic carbocycles. The summed E-state index contributed by atoms with van der Waals surface area (Å²) in [5.41, 5.74) is 1.09. The zero-order valence-corrected chi connectivity index (χ0v) is 16.7.